The van der Waals surface area contributed by atoms with Gasteiger partial charge in [0.05, 0.1) is 0 Å². The Morgan fingerprint density at radius 1 is 0.565 bits per heavy atom. The molecule has 0 radical (unpaired) electrons. The van der Waals surface area contributed by atoms with Crippen molar-refractivity contribution in [3.05, 3.63) is 91.3 Å². The van der Waals surface area contributed by atoms with Crippen LogP contribution in [0.2, 0.25) is 0 Å². The number of anilines is 3. The quantitative estimate of drug-likeness (QED) is 0.527. The minimum absolute atomic E-state index is 0.849. The summed E-state index contributed by atoms with van der Waals surface area (Å²) in [6.45, 7) is 0. The number of hydrogen-bond acceptors (Lipinski definition) is 3. The smallest absolute Gasteiger partial charge is 0.138 e. The molecule has 2 heterocycles. The van der Waals surface area contributed by atoms with Crippen LogP contribution >= 0.6 is 0 Å². The molecule has 0 saturated carbocycles. The van der Waals surface area contributed by atoms with Crippen molar-refractivity contribution >= 4 is 28.1 Å². The summed E-state index contributed by atoms with van der Waals surface area (Å²) in [6, 6.07) is 26.5. The van der Waals surface area contributed by atoms with Crippen molar-refractivity contribution < 1.29 is 0 Å². The van der Waals surface area contributed by atoms with Gasteiger partial charge in [-0.3, -0.25) is 4.90 Å². The van der Waals surface area contributed by atoms with E-state index in [4.69, 9.17) is 0 Å². The Bertz CT molecular complexity index is 881. The third-order valence-corrected chi connectivity index (χ3v) is 3.75. The van der Waals surface area contributed by atoms with Crippen molar-refractivity contribution in [2.45, 2.75) is 0 Å². The average molecular weight is 297 g/mol. The highest BCUT2D eigenvalue weighted by molar-refractivity contribution is 5.88. The van der Waals surface area contributed by atoms with E-state index in [9.17, 15) is 0 Å². The summed E-state index contributed by atoms with van der Waals surface area (Å²) >= 11 is 0. The van der Waals surface area contributed by atoms with Crippen LogP contribution in [0.4, 0.5) is 17.3 Å². The van der Waals surface area contributed by atoms with Crippen molar-refractivity contribution in [3.63, 3.8) is 0 Å². The Balaban J connectivity index is 1.90. The van der Waals surface area contributed by atoms with Crippen molar-refractivity contribution in [3.8, 4) is 0 Å². The van der Waals surface area contributed by atoms with E-state index in [1.807, 2.05) is 36.4 Å². The molecule has 4 rings (SSSR count). The molecule has 0 atom stereocenters. The van der Waals surface area contributed by atoms with Gasteiger partial charge < -0.3 is 0 Å². The van der Waals surface area contributed by atoms with Crippen LogP contribution in [-0.4, -0.2) is 9.97 Å². The summed E-state index contributed by atoms with van der Waals surface area (Å²) in [4.78, 5) is 11.1. The van der Waals surface area contributed by atoms with Gasteiger partial charge in [0.2, 0.25) is 0 Å². The highest BCUT2D eigenvalue weighted by Crippen LogP contribution is 2.33. The van der Waals surface area contributed by atoms with E-state index in [1.54, 1.807) is 12.4 Å². The molecule has 0 unspecified atom stereocenters. The maximum absolute atomic E-state index is 4.50. The maximum Gasteiger partial charge on any atom is 0.138 e. The Morgan fingerprint density at radius 3 is 1.78 bits per heavy atom. The predicted octanol–water partition coefficient (Wildman–Crippen LogP) is 5.10. The summed E-state index contributed by atoms with van der Waals surface area (Å²) in [5, 5.41) is 2.42. The van der Waals surface area contributed by atoms with Crippen LogP contribution in [0.1, 0.15) is 0 Å². The second-order valence-electron chi connectivity index (χ2n) is 5.24. The molecule has 23 heavy (non-hydrogen) atoms. The van der Waals surface area contributed by atoms with Crippen LogP contribution in [0.3, 0.4) is 0 Å². The Labute approximate surface area is 134 Å². The van der Waals surface area contributed by atoms with Crippen LogP contribution < -0.4 is 4.90 Å². The second-order valence-corrected chi connectivity index (χ2v) is 5.24. The van der Waals surface area contributed by atoms with E-state index in [0.717, 1.165) is 17.3 Å². The molecule has 0 aliphatic rings. The fourth-order valence-electron chi connectivity index (χ4n) is 2.67. The predicted molar refractivity (Wildman–Crippen MR) is 94.2 cm³/mol. The fourth-order valence-corrected chi connectivity index (χ4v) is 2.67. The third-order valence-electron chi connectivity index (χ3n) is 3.75. The molecule has 0 spiro atoms. The monoisotopic (exact) mass is 297 g/mol. The van der Waals surface area contributed by atoms with Crippen molar-refractivity contribution in [1.29, 1.82) is 0 Å². The lowest BCUT2D eigenvalue weighted by Gasteiger charge is -2.23. The van der Waals surface area contributed by atoms with Crippen LogP contribution in [0.15, 0.2) is 91.3 Å². The lowest BCUT2D eigenvalue weighted by atomic mass is 10.1. The molecule has 0 amide bonds. The van der Waals surface area contributed by atoms with Crippen molar-refractivity contribution in [2.75, 3.05) is 4.90 Å². The average Bonchev–Trinajstić information content (AvgIpc) is 2.64. The molecule has 3 heteroatoms. The Hall–Kier alpha value is -3.20. The minimum Gasteiger partial charge on any atom is -0.279 e. The highest BCUT2D eigenvalue weighted by Gasteiger charge is 2.14. The van der Waals surface area contributed by atoms with Gasteiger partial charge in [-0.2, -0.15) is 0 Å². The first-order valence-electron chi connectivity index (χ1n) is 7.53. The summed E-state index contributed by atoms with van der Waals surface area (Å²) in [5.74, 6) is 1.70. The molecule has 0 aliphatic heterocycles. The first-order chi connectivity index (χ1) is 11.4. The van der Waals surface area contributed by atoms with Gasteiger partial charge in [0.1, 0.15) is 11.6 Å². The number of aromatic nitrogens is 2. The standard InChI is InChI=1S/C20H15N3/c1-2-8-17-15-18(12-11-16(17)7-1)23(19-9-3-5-13-21-19)20-10-4-6-14-22-20/h1-15H. The largest absolute Gasteiger partial charge is 0.279 e. The number of benzene rings is 2. The molecular weight excluding hydrogens is 282 g/mol. The first-order valence-corrected chi connectivity index (χ1v) is 7.53. The van der Waals surface area contributed by atoms with Crippen LogP contribution in [0, 0.1) is 0 Å². The molecule has 0 N–H and O–H groups in total. The Kier molecular flexibility index (Phi) is 3.45. The topological polar surface area (TPSA) is 29.0 Å². The molecular formula is C20H15N3. The van der Waals surface area contributed by atoms with Gasteiger partial charge in [-0.1, -0.05) is 42.5 Å². The summed E-state index contributed by atoms with van der Waals surface area (Å²) < 4.78 is 0. The zero-order chi connectivity index (χ0) is 15.5. The van der Waals surface area contributed by atoms with Gasteiger partial charge in [0.25, 0.3) is 0 Å². The molecule has 4 aromatic rings. The van der Waals surface area contributed by atoms with Gasteiger partial charge in [-0.15, -0.1) is 0 Å². The second kappa shape index (κ2) is 5.89. The van der Waals surface area contributed by atoms with E-state index in [0.29, 0.717) is 0 Å². The highest BCUT2D eigenvalue weighted by atomic mass is 15.2. The molecule has 2 aromatic heterocycles. The maximum atomic E-state index is 4.50. The number of nitrogens with zero attached hydrogens (tertiary/aromatic N) is 3. The number of pyridine rings is 2. The van der Waals surface area contributed by atoms with E-state index in [-0.39, 0.29) is 0 Å². The lowest BCUT2D eigenvalue weighted by Crippen LogP contribution is -2.12. The molecule has 110 valence electrons. The first kappa shape index (κ1) is 13.5. The van der Waals surface area contributed by atoms with Gasteiger partial charge in [0.15, 0.2) is 0 Å². The molecule has 3 nitrogen and oxygen atoms in total. The summed E-state index contributed by atoms with van der Waals surface area (Å²) in [6.07, 6.45) is 3.60. The van der Waals surface area contributed by atoms with Gasteiger partial charge >= 0.3 is 0 Å². The normalized spacial score (nSPS) is 10.6. The van der Waals surface area contributed by atoms with Gasteiger partial charge in [-0.05, 0) is 47.2 Å². The van der Waals surface area contributed by atoms with Gasteiger partial charge in [0, 0.05) is 18.1 Å². The summed E-state index contributed by atoms with van der Waals surface area (Å²) in [7, 11) is 0. The number of hydrogen-bond donors (Lipinski definition) is 0. The molecule has 2 aromatic carbocycles. The minimum atomic E-state index is 0.849. The molecule has 0 saturated heterocycles. The summed E-state index contributed by atoms with van der Waals surface area (Å²) in [5.41, 5.74) is 1.04. The van der Waals surface area contributed by atoms with Crippen LogP contribution in [0.5, 0.6) is 0 Å². The van der Waals surface area contributed by atoms with Crippen LogP contribution in [0.25, 0.3) is 10.8 Å². The van der Waals surface area contributed by atoms with E-state index in [2.05, 4.69) is 57.3 Å². The Morgan fingerprint density at radius 2 is 1.17 bits per heavy atom. The van der Waals surface area contributed by atoms with Crippen LogP contribution in [-0.2, 0) is 0 Å². The van der Waals surface area contributed by atoms with E-state index in [1.165, 1.54) is 10.8 Å². The van der Waals surface area contributed by atoms with E-state index < -0.39 is 0 Å². The zero-order valence-electron chi connectivity index (χ0n) is 12.5. The van der Waals surface area contributed by atoms with Crippen molar-refractivity contribution in [2.24, 2.45) is 0 Å². The molecule has 0 aliphatic carbocycles. The van der Waals surface area contributed by atoms with Gasteiger partial charge in [-0.25, -0.2) is 9.97 Å². The number of rotatable bonds is 3. The zero-order valence-corrected chi connectivity index (χ0v) is 12.5. The van der Waals surface area contributed by atoms with Crippen molar-refractivity contribution in [1.82, 2.24) is 9.97 Å². The SMILES string of the molecule is c1ccc(N(c2ccc3ccccc3c2)c2ccccn2)nc1. The molecule has 0 bridgehead atoms. The third kappa shape index (κ3) is 2.64. The van der Waals surface area contributed by atoms with E-state index >= 15 is 0 Å². The molecule has 0 fully saturated rings. The lowest BCUT2D eigenvalue weighted by molar-refractivity contribution is 1.13. The fraction of sp³-hybridized carbons (Fsp3) is 0. The number of fused-ring (bicyclic) bond motifs is 1.